The van der Waals surface area contributed by atoms with Gasteiger partial charge >= 0.3 is 0 Å². The first kappa shape index (κ1) is 14.4. The highest BCUT2D eigenvalue weighted by molar-refractivity contribution is 5.93. The molecule has 1 amide bonds. The molecular formula is C17H19FN4O. The highest BCUT2D eigenvalue weighted by Crippen LogP contribution is 2.28. The van der Waals surface area contributed by atoms with Crippen LogP contribution in [0.5, 0.6) is 0 Å². The Morgan fingerprint density at radius 2 is 2.13 bits per heavy atom. The van der Waals surface area contributed by atoms with Gasteiger partial charge in [0.2, 0.25) is 5.95 Å². The molecule has 2 aromatic rings. The van der Waals surface area contributed by atoms with Crippen molar-refractivity contribution < 1.29 is 9.18 Å². The van der Waals surface area contributed by atoms with Gasteiger partial charge in [-0.3, -0.25) is 4.79 Å². The number of aromatic nitrogens is 2. The molecular weight excluding hydrogens is 295 g/mol. The van der Waals surface area contributed by atoms with Crippen LogP contribution < -0.4 is 5.32 Å². The lowest BCUT2D eigenvalue weighted by Crippen LogP contribution is -2.57. The van der Waals surface area contributed by atoms with E-state index in [2.05, 4.69) is 20.2 Å². The first-order valence-electron chi connectivity index (χ1n) is 8.04. The molecule has 0 spiro atoms. The Morgan fingerprint density at radius 3 is 2.83 bits per heavy atom. The van der Waals surface area contributed by atoms with Crippen molar-refractivity contribution in [2.24, 2.45) is 5.92 Å². The van der Waals surface area contributed by atoms with Crippen molar-refractivity contribution in [2.75, 3.05) is 19.6 Å². The van der Waals surface area contributed by atoms with Gasteiger partial charge in [0.25, 0.3) is 5.91 Å². The van der Waals surface area contributed by atoms with E-state index in [-0.39, 0.29) is 11.9 Å². The Balaban J connectivity index is 1.48. The Morgan fingerprint density at radius 1 is 1.30 bits per heavy atom. The van der Waals surface area contributed by atoms with Crippen LogP contribution in [0.2, 0.25) is 0 Å². The Labute approximate surface area is 133 Å². The summed E-state index contributed by atoms with van der Waals surface area (Å²) in [6, 6.07) is 6.94. The van der Waals surface area contributed by atoms with Gasteiger partial charge in [0, 0.05) is 18.8 Å². The van der Waals surface area contributed by atoms with Gasteiger partial charge in [-0.25, -0.2) is 4.98 Å². The zero-order valence-electron chi connectivity index (χ0n) is 12.8. The summed E-state index contributed by atoms with van der Waals surface area (Å²) >= 11 is 0. The summed E-state index contributed by atoms with van der Waals surface area (Å²) in [5, 5.41) is 3.12. The average Bonchev–Trinajstić information content (AvgIpc) is 3.06. The number of pyridine rings is 1. The highest BCUT2D eigenvalue weighted by Gasteiger charge is 2.35. The van der Waals surface area contributed by atoms with Crippen LogP contribution in [-0.4, -0.2) is 46.5 Å². The lowest BCUT2D eigenvalue weighted by atomic mass is 9.84. The van der Waals surface area contributed by atoms with Crippen molar-refractivity contribution in [3.05, 3.63) is 42.1 Å². The predicted octanol–water partition coefficient (Wildman–Crippen LogP) is 2.04. The number of hydrogen-bond donors (Lipinski definition) is 2. The third kappa shape index (κ3) is 2.74. The molecule has 6 heteroatoms. The first-order chi connectivity index (χ1) is 11.2. The number of fused-ring (bicyclic) bond motifs is 3. The summed E-state index contributed by atoms with van der Waals surface area (Å²) in [5.41, 5.74) is 1.39. The first-order valence-corrected chi connectivity index (χ1v) is 8.04. The van der Waals surface area contributed by atoms with Gasteiger partial charge in [0.1, 0.15) is 5.69 Å². The average molecular weight is 314 g/mol. The monoisotopic (exact) mass is 314 g/mol. The molecule has 23 heavy (non-hydrogen) atoms. The van der Waals surface area contributed by atoms with Gasteiger partial charge < -0.3 is 15.2 Å². The summed E-state index contributed by atoms with van der Waals surface area (Å²) in [6.07, 6.45) is 3.71. The molecule has 0 radical (unpaired) electrons. The van der Waals surface area contributed by atoms with E-state index in [1.54, 1.807) is 24.3 Å². The molecule has 3 saturated heterocycles. The molecule has 0 aliphatic carbocycles. The van der Waals surface area contributed by atoms with E-state index in [1.807, 2.05) is 0 Å². The number of halogens is 1. The number of nitrogens with zero attached hydrogens (tertiary/aromatic N) is 2. The van der Waals surface area contributed by atoms with Gasteiger partial charge in [-0.1, -0.05) is 0 Å². The van der Waals surface area contributed by atoms with E-state index in [0.717, 1.165) is 32.5 Å². The van der Waals surface area contributed by atoms with Gasteiger partial charge in [0.15, 0.2) is 0 Å². The second kappa shape index (κ2) is 5.77. The molecule has 3 fully saturated rings. The van der Waals surface area contributed by atoms with Gasteiger partial charge in [-0.15, -0.1) is 0 Å². The minimum Gasteiger partial charge on any atom is -0.350 e. The minimum absolute atomic E-state index is 0.126. The molecule has 5 nitrogen and oxygen atoms in total. The van der Waals surface area contributed by atoms with Crippen LogP contribution in [0.1, 0.15) is 23.3 Å². The second-order valence-corrected chi connectivity index (χ2v) is 6.35. The van der Waals surface area contributed by atoms with Crippen LogP contribution in [-0.2, 0) is 0 Å². The number of hydrogen-bond acceptors (Lipinski definition) is 3. The fraction of sp³-hybridized carbons (Fsp3) is 0.412. The molecule has 2 N–H and O–H groups in total. The molecule has 0 unspecified atom stereocenters. The number of carbonyl (C=O) groups excluding carboxylic acids is 1. The Kier molecular flexibility index (Phi) is 3.61. The molecule has 3 aliphatic rings. The maximum absolute atomic E-state index is 13.7. The Bertz CT molecular complexity index is 721. The normalized spacial score (nSPS) is 26.2. The van der Waals surface area contributed by atoms with Crippen molar-refractivity contribution in [1.29, 1.82) is 0 Å². The molecule has 120 valence electrons. The molecule has 3 aliphatic heterocycles. The molecule has 5 rings (SSSR count). The topological polar surface area (TPSA) is 61.0 Å². The zero-order chi connectivity index (χ0) is 15.8. The quantitative estimate of drug-likeness (QED) is 0.852. The number of aromatic amines is 1. The van der Waals surface area contributed by atoms with Crippen LogP contribution in [0.25, 0.3) is 11.3 Å². The van der Waals surface area contributed by atoms with Crippen LogP contribution in [0.3, 0.4) is 0 Å². The van der Waals surface area contributed by atoms with Crippen molar-refractivity contribution in [3.8, 4) is 11.3 Å². The van der Waals surface area contributed by atoms with Crippen LogP contribution in [0, 0.1) is 11.9 Å². The smallest absolute Gasteiger partial charge is 0.267 e. The molecule has 1 atom stereocenters. The largest absolute Gasteiger partial charge is 0.350 e. The van der Waals surface area contributed by atoms with Crippen LogP contribution >= 0.6 is 0 Å². The summed E-state index contributed by atoms with van der Waals surface area (Å²) in [6.45, 7) is 3.22. The van der Waals surface area contributed by atoms with E-state index >= 15 is 0 Å². The molecule has 0 aromatic carbocycles. The van der Waals surface area contributed by atoms with Crippen molar-refractivity contribution in [1.82, 2.24) is 20.2 Å². The molecule has 2 bridgehead atoms. The van der Waals surface area contributed by atoms with E-state index in [1.165, 1.54) is 6.20 Å². The molecule has 0 saturated carbocycles. The van der Waals surface area contributed by atoms with E-state index in [4.69, 9.17) is 0 Å². The number of nitrogens with one attached hydrogen (secondary N) is 2. The third-order valence-corrected chi connectivity index (χ3v) is 4.95. The maximum atomic E-state index is 13.7. The van der Waals surface area contributed by atoms with Crippen molar-refractivity contribution in [3.63, 3.8) is 0 Å². The SMILES string of the molecule is O=C(N[C@H]1CN2CCC1CC2)c1ccc(-c2cccnc2F)[nH]1. The highest BCUT2D eigenvalue weighted by atomic mass is 19.1. The summed E-state index contributed by atoms with van der Waals surface area (Å²) < 4.78 is 13.7. The summed E-state index contributed by atoms with van der Waals surface area (Å²) in [7, 11) is 0. The Hall–Kier alpha value is -2.21. The number of carbonyl (C=O) groups is 1. The van der Waals surface area contributed by atoms with Gasteiger partial charge in [-0.2, -0.15) is 4.39 Å². The fourth-order valence-electron chi connectivity index (χ4n) is 3.65. The fourth-order valence-corrected chi connectivity index (χ4v) is 3.65. The van der Waals surface area contributed by atoms with E-state index < -0.39 is 5.95 Å². The van der Waals surface area contributed by atoms with E-state index in [0.29, 0.717) is 22.9 Å². The van der Waals surface area contributed by atoms with E-state index in [9.17, 15) is 9.18 Å². The molecule has 2 aromatic heterocycles. The number of piperidine rings is 3. The van der Waals surface area contributed by atoms with Crippen molar-refractivity contribution in [2.45, 2.75) is 18.9 Å². The molecule has 5 heterocycles. The lowest BCUT2D eigenvalue weighted by molar-refractivity contribution is 0.0618. The van der Waals surface area contributed by atoms with Crippen LogP contribution in [0.15, 0.2) is 30.5 Å². The number of H-pyrrole nitrogens is 1. The minimum atomic E-state index is -0.543. The summed E-state index contributed by atoms with van der Waals surface area (Å²) in [4.78, 5) is 21.5. The second-order valence-electron chi connectivity index (χ2n) is 6.35. The number of amides is 1. The van der Waals surface area contributed by atoms with Gasteiger partial charge in [-0.05, 0) is 56.1 Å². The summed E-state index contributed by atoms with van der Waals surface area (Å²) in [5.74, 6) is -0.0906. The predicted molar refractivity (Wildman–Crippen MR) is 84.4 cm³/mol. The van der Waals surface area contributed by atoms with Crippen molar-refractivity contribution >= 4 is 5.91 Å². The zero-order valence-corrected chi connectivity index (χ0v) is 12.8. The van der Waals surface area contributed by atoms with Crippen LogP contribution in [0.4, 0.5) is 4.39 Å². The number of rotatable bonds is 3. The van der Waals surface area contributed by atoms with Gasteiger partial charge in [0.05, 0.1) is 11.3 Å². The third-order valence-electron chi connectivity index (χ3n) is 4.95. The lowest BCUT2D eigenvalue weighted by Gasteiger charge is -2.44. The standard InChI is InChI=1S/C17H19FN4O/c18-16-12(2-1-7-19-16)13-3-4-14(20-13)17(23)21-15-10-22-8-5-11(15)6-9-22/h1-4,7,11,15,20H,5-6,8-10H2,(H,21,23)/t15-/m0/s1. The maximum Gasteiger partial charge on any atom is 0.267 e.